The molecule has 0 unspecified atom stereocenters. The lowest BCUT2D eigenvalue weighted by atomic mass is 9.83. The van der Waals surface area contributed by atoms with Crippen molar-refractivity contribution in [1.82, 2.24) is 24.5 Å². The maximum absolute atomic E-state index is 13.4. The van der Waals surface area contributed by atoms with Gasteiger partial charge in [0.05, 0.1) is 18.2 Å². The van der Waals surface area contributed by atoms with Gasteiger partial charge in [-0.25, -0.2) is 8.91 Å². The van der Waals surface area contributed by atoms with Crippen molar-refractivity contribution in [3.05, 3.63) is 54.2 Å². The van der Waals surface area contributed by atoms with E-state index in [1.165, 1.54) is 22.8 Å². The van der Waals surface area contributed by atoms with Crippen LogP contribution in [0.2, 0.25) is 0 Å². The van der Waals surface area contributed by atoms with Gasteiger partial charge < -0.3 is 4.90 Å². The number of rotatable bonds is 4. The summed E-state index contributed by atoms with van der Waals surface area (Å²) in [7, 11) is 0. The molecule has 2 amide bonds. The highest BCUT2D eigenvalue weighted by Gasteiger charge is 2.46. The zero-order chi connectivity index (χ0) is 20.0. The van der Waals surface area contributed by atoms with Crippen molar-refractivity contribution in [3.8, 4) is 0 Å². The Morgan fingerprint density at radius 1 is 1.14 bits per heavy atom. The molecular weight excluding hydrogens is 375 g/mol. The normalized spacial score (nSPS) is 22.1. The maximum atomic E-state index is 13.4. The summed E-state index contributed by atoms with van der Waals surface area (Å²) in [5.41, 5.74) is 1.33. The number of amides is 2. The highest BCUT2D eigenvalue weighted by molar-refractivity contribution is 5.93. The highest BCUT2D eigenvalue weighted by Crippen LogP contribution is 2.43. The lowest BCUT2D eigenvalue weighted by molar-refractivity contribution is -0.142. The van der Waals surface area contributed by atoms with Gasteiger partial charge >= 0.3 is 0 Å². The molecule has 2 atom stereocenters. The number of pyridine rings is 2. The number of aromatic nitrogens is 4. The van der Waals surface area contributed by atoms with Crippen LogP contribution in [-0.2, 0) is 9.59 Å². The fraction of sp³-hybridized carbons (Fsp3) is 0.350. The molecule has 5 rings (SSSR count). The van der Waals surface area contributed by atoms with Crippen molar-refractivity contribution < 1.29 is 14.0 Å². The third-order valence-electron chi connectivity index (χ3n) is 5.49. The number of carbonyl (C=O) groups excluding carboxylic acids is 2. The van der Waals surface area contributed by atoms with Crippen molar-refractivity contribution in [2.45, 2.75) is 37.8 Å². The molecule has 0 spiro atoms. The molecule has 148 valence electrons. The van der Waals surface area contributed by atoms with Crippen molar-refractivity contribution in [1.29, 1.82) is 0 Å². The van der Waals surface area contributed by atoms with E-state index in [-0.39, 0.29) is 29.8 Å². The predicted molar refractivity (Wildman–Crippen MR) is 101 cm³/mol. The van der Waals surface area contributed by atoms with Gasteiger partial charge in [-0.3, -0.25) is 19.9 Å². The standard InChI is InChI=1S/C20H19FN6O2/c21-13-1-5-16-23-20(25-26(16)11-13)24-19(29)15-4-6-17(28)27(14-2-3-14)18(15)12-7-9-22-10-8-12/h1,5,7-11,14-15,18H,2-4,6H2,(H,24,25,29)/t15-,18+/m0/s1. The Labute approximate surface area is 165 Å². The molecule has 0 bridgehead atoms. The molecule has 1 aliphatic heterocycles. The summed E-state index contributed by atoms with van der Waals surface area (Å²) in [6.45, 7) is 0. The van der Waals surface area contributed by atoms with Gasteiger partial charge in [-0.15, -0.1) is 5.10 Å². The first-order valence-electron chi connectivity index (χ1n) is 9.64. The third-order valence-corrected chi connectivity index (χ3v) is 5.49. The summed E-state index contributed by atoms with van der Waals surface area (Å²) in [5, 5.41) is 6.89. The van der Waals surface area contributed by atoms with Crippen LogP contribution >= 0.6 is 0 Å². The minimum Gasteiger partial charge on any atom is -0.332 e. The van der Waals surface area contributed by atoms with Crippen LogP contribution in [0.15, 0.2) is 42.9 Å². The van der Waals surface area contributed by atoms with Crippen LogP contribution in [0.5, 0.6) is 0 Å². The minimum atomic E-state index is -0.441. The fourth-order valence-corrected chi connectivity index (χ4v) is 4.04. The van der Waals surface area contributed by atoms with E-state index >= 15 is 0 Å². The number of anilines is 1. The van der Waals surface area contributed by atoms with Crippen LogP contribution in [-0.4, -0.2) is 42.3 Å². The number of likely N-dealkylation sites (tertiary alicyclic amines) is 1. The topological polar surface area (TPSA) is 92.5 Å². The van der Waals surface area contributed by atoms with Crippen molar-refractivity contribution in [2.24, 2.45) is 5.92 Å². The molecule has 1 N–H and O–H groups in total. The van der Waals surface area contributed by atoms with Crippen LogP contribution in [0.3, 0.4) is 0 Å². The van der Waals surface area contributed by atoms with E-state index in [0.29, 0.717) is 18.5 Å². The molecule has 2 aliphatic rings. The molecule has 3 aromatic rings. The van der Waals surface area contributed by atoms with E-state index in [1.54, 1.807) is 12.4 Å². The molecule has 9 heteroatoms. The van der Waals surface area contributed by atoms with Gasteiger partial charge in [-0.2, -0.15) is 4.98 Å². The molecule has 3 aromatic heterocycles. The molecule has 4 heterocycles. The van der Waals surface area contributed by atoms with E-state index in [2.05, 4.69) is 20.4 Å². The van der Waals surface area contributed by atoms with E-state index in [4.69, 9.17) is 0 Å². The Morgan fingerprint density at radius 3 is 2.69 bits per heavy atom. The zero-order valence-electron chi connectivity index (χ0n) is 15.5. The Morgan fingerprint density at radius 2 is 1.93 bits per heavy atom. The Hall–Kier alpha value is -3.36. The summed E-state index contributed by atoms with van der Waals surface area (Å²) in [4.78, 5) is 36.0. The number of carbonyl (C=O) groups is 2. The van der Waals surface area contributed by atoms with Crippen molar-refractivity contribution >= 4 is 23.4 Å². The number of nitrogens with zero attached hydrogens (tertiary/aromatic N) is 5. The van der Waals surface area contributed by atoms with Crippen LogP contribution in [0.1, 0.15) is 37.3 Å². The van der Waals surface area contributed by atoms with E-state index in [9.17, 15) is 14.0 Å². The maximum Gasteiger partial charge on any atom is 0.249 e. The van der Waals surface area contributed by atoms with Gasteiger partial charge in [0.25, 0.3) is 0 Å². The molecule has 8 nitrogen and oxygen atoms in total. The number of nitrogens with one attached hydrogen (secondary N) is 1. The molecule has 1 aliphatic carbocycles. The summed E-state index contributed by atoms with van der Waals surface area (Å²) >= 11 is 0. The van der Waals surface area contributed by atoms with Gasteiger partial charge in [-0.1, -0.05) is 0 Å². The van der Waals surface area contributed by atoms with Crippen LogP contribution < -0.4 is 5.32 Å². The average Bonchev–Trinajstić information content (AvgIpc) is 3.48. The molecule has 29 heavy (non-hydrogen) atoms. The lowest BCUT2D eigenvalue weighted by Crippen LogP contribution is -2.47. The molecular formula is C20H19FN6O2. The smallest absolute Gasteiger partial charge is 0.249 e. The van der Waals surface area contributed by atoms with E-state index in [1.807, 2.05) is 17.0 Å². The van der Waals surface area contributed by atoms with Crippen LogP contribution in [0, 0.1) is 11.7 Å². The number of piperidine rings is 1. The molecule has 1 saturated carbocycles. The first-order chi connectivity index (χ1) is 14.1. The summed E-state index contributed by atoms with van der Waals surface area (Å²) in [5.74, 6) is -0.923. The number of halogens is 1. The second-order valence-electron chi connectivity index (χ2n) is 7.48. The monoisotopic (exact) mass is 394 g/mol. The van der Waals surface area contributed by atoms with E-state index in [0.717, 1.165) is 18.4 Å². The summed E-state index contributed by atoms with van der Waals surface area (Å²) in [6.07, 6.45) is 7.25. The SMILES string of the molecule is O=C(Nc1nc2ccc(F)cn2n1)[C@H]1CCC(=O)N(C2CC2)[C@@H]1c1ccncc1. The Kier molecular flexibility index (Phi) is 4.22. The van der Waals surface area contributed by atoms with Gasteiger partial charge in [0, 0.05) is 24.9 Å². The summed E-state index contributed by atoms with van der Waals surface area (Å²) in [6, 6.07) is 6.32. The second-order valence-corrected chi connectivity index (χ2v) is 7.48. The van der Waals surface area contributed by atoms with Gasteiger partial charge in [0.15, 0.2) is 5.65 Å². The first kappa shape index (κ1) is 17.7. The minimum absolute atomic E-state index is 0.0830. The Balaban J connectivity index is 1.45. The first-order valence-corrected chi connectivity index (χ1v) is 9.64. The molecule has 2 fully saturated rings. The van der Waals surface area contributed by atoms with Crippen molar-refractivity contribution in [3.63, 3.8) is 0 Å². The Bertz CT molecular complexity index is 1080. The lowest BCUT2D eigenvalue weighted by Gasteiger charge is -2.41. The zero-order valence-corrected chi connectivity index (χ0v) is 15.5. The summed E-state index contributed by atoms with van der Waals surface area (Å²) < 4.78 is 14.7. The number of fused-ring (bicyclic) bond motifs is 1. The van der Waals surface area contributed by atoms with Crippen LogP contribution in [0.4, 0.5) is 10.3 Å². The highest BCUT2D eigenvalue weighted by atomic mass is 19.1. The molecule has 1 saturated heterocycles. The molecule has 0 radical (unpaired) electrons. The quantitative estimate of drug-likeness (QED) is 0.733. The van der Waals surface area contributed by atoms with Gasteiger partial charge in [-0.05, 0) is 49.1 Å². The fourth-order valence-electron chi connectivity index (χ4n) is 4.04. The number of hydrogen-bond donors (Lipinski definition) is 1. The van der Waals surface area contributed by atoms with Gasteiger partial charge in [0.2, 0.25) is 17.8 Å². The third kappa shape index (κ3) is 3.32. The van der Waals surface area contributed by atoms with Gasteiger partial charge in [0.1, 0.15) is 5.82 Å². The largest absolute Gasteiger partial charge is 0.332 e. The van der Waals surface area contributed by atoms with Crippen molar-refractivity contribution in [2.75, 3.05) is 5.32 Å². The molecule has 0 aromatic carbocycles. The predicted octanol–water partition coefficient (Wildman–Crippen LogP) is 2.34. The van der Waals surface area contributed by atoms with E-state index < -0.39 is 11.7 Å². The van der Waals surface area contributed by atoms with Crippen LogP contribution in [0.25, 0.3) is 5.65 Å². The number of hydrogen-bond acceptors (Lipinski definition) is 5. The average molecular weight is 394 g/mol. The second kappa shape index (κ2) is 6.91.